The molecule has 0 radical (unpaired) electrons. The maximum Gasteiger partial charge on any atom is 0.458 e. The molecular weight excluding hydrogens is 468 g/mol. The molecule has 29 heavy (non-hydrogen) atoms. The van der Waals surface area contributed by atoms with Crippen molar-refractivity contribution in [1.82, 2.24) is 0 Å². The molecular formula is C11H8F16O2. The Bertz CT molecular complexity index is 575. The van der Waals surface area contributed by atoms with E-state index in [-0.39, 0.29) is 6.92 Å². The van der Waals surface area contributed by atoms with Gasteiger partial charge < -0.3 is 0 Å². The van der Waals surface area contributed by atoms with Crippen LogP contribution in [0.25, 0.3) is 0 Å². The third kappa shape index (κ3) is 4.77. The number of alkyl halides is 16. The third-order valence-corrected chi connectivity index (χ3v) is 3.09. The first-order chi connectivity index (χ1) is 12.2. The molecule has 2 nitrogen and oxygen atoms in total. The first kappa shape index (κ1) is 27.8. The highest BCUT2D eigenvalue weighted by Crippen LogP contribution is 2.56. The molecule has 18 heteroatoms. The van der Waals surface area contributed by atoms with Crippen molar-refractivity contribution < 1.29 is 79.7 Å². The van der Waals surface area contributed by atoms with Crippen LogP contribution >= 0.6 is 0 Å². The van der Waals surface area contributed by atoms with Crippen LogP contribution in [0.2, 0.25) is 0 Å². The zero-order valence-electron chi connectivity index (χ0n) is 13.6. The van der Waals surface area contributed by atoms with Gasteiger partial charge in [-0.25, -0.2) is 4.39 Å². The number of rotatable bonds is 8. The number of hydrogen-bond donors (Lipinski definition) is 0. The standard InChI is InChI=1S/C11H8F16O2/c1-3-5(14,8(18,19)20)28-11(26,27)7(17,9(21,22)23)29-10(24,25)6(15,16)4(2,12)13/h3H2,1-2H3. The normalized spacial score (nSPS) is 19.7. The zero-order valence-corrected chi connectivity index (χ0v) is 13.6. The van der Waals surface area contributed by atoms with E-state index in [2.05, 4.69) is 4.74 Å². The third-order valence-electron chi connectivity index (χ3n) is 3.09. The Morgan fingerprint density at radius 3 is 1.17 bits per heavy atom. The summed E-state index contributed by atoms with van der Waals surface area (Å²) in [6, 6.07) is 0. The fraction of sp³-hybridized carbons (Fsp3) is 1.00. The van der Waals surface area contributed by atoms with Gasteiger partial charge in [-0.15, -0.1) is 0 Å². The Balaban J connectivity index is 6.48. The van der Waals surface area contributed by atoms with E-state index < -0.39 is 61.5 Å². The second-order valence-corrected chi connectivity index (χ2v) is 5.37. The fourth-order valence-electron chi connectivity index (χ4n) is 1.38. The van der Waals surface area contributed by atoms with Crippen LogP contribution in [0.3, 0.4) is 0 Å². The van der Waals surface area contributed by atoms with Gasteiger partial charge in [0.1, 0.15) is 0 Å². The van der Waals surface area contributed by atoms with Gasteiger partial charge in [-0.1, -0.05) is 6.92 Å². The molecule has 0 aliphatic heterocycles. The number of halogens is 16. The van der Waals surface area contributed by atoms with Crippen molar-refractivity contribution in [3.05, 3.63) is 0 Å². The Hall–Kier alpha value is -1.20. The molecule has 0 fully saturated rings. The highest BCUT2D eigenvalue weighted by atomic mass is 19.4. The van der Waals surface area contributed by atoms with Crippen LogP contribution in [0.1, 0.15) is 20.3 Å². The van der Waals surface area contributed by atoms with Gasteiger partial charge in [0.15, 0.2) is 0 Å². The van der Waals surface area contributed by atoms with Gasteiger partial charge >= 0.3 is 48.1 Å². The van der Waals surface area contributed by atoms with Crippen LogP contribution in [0.5, 0.6) is 0 Å². The minimum atomic E-state index is -7.64. The van der Waals surface area contributed by atoms with E-state index in [1.807, 2.05) is 0 Å². The topological polar surface area (TPSA) is 18.5 Å². The highest BCUT2D eigenvalue weighted by molar-refractivity contribution is 4.95. The summed E-state index contributed by atoms with van der Waals surface area (Å²) in [4.78, 5) is 0. The molecule has 2 unspecified atom stereocenters. The van der Waals surface area contributed by atoms with E-state index in [1.165, 1.54) is 0 Å². The van der Waals surface area contributed by atoms with E-state index in [0.29, 0.717) is 0 Å². The van der Waals surface area contributed by atoms with E-state index in [1.54, 1.807) is 4.74 Å². The van der Waals surface area contributed by atoms with E-state index in [0.717, 1.165) is 0 Å². The molecule has 0 aromatic carbocycles. The lowest BCUT2D eigenvalue weighted by atomic mass is 10.1. The first-order valence-electron chi connectivity index (χ1n) is 6.65. The van der Waals surface area contributed by atoms with Crippen molar-refractivity contribution in [1.29, 1.82) is 0 Å². The lowest BCUT2D eigenvalue weighted by Gasteiger charge is -2.40. The van der Waals surface area contributed by atoms with Gasteiger partial charge in [-0.2, -0.15) is 65.9 Å². The molecule has 0 aromatic heterocycles. The van der Waals surface area contributed by atoms with Crippen molar-refractivity contribution >= 4 is 0 Å². The molecule has 0 spiro atoms. The van der Waals surface area contributed by atoms with Gasteiger partial charge in [0, 0.05) is 13.3 Å². The minimum absolute atomic E-state index is 0.0261. The van der Waals surface area contributed by atoms with Crippen LogP contribution in [-0.4, -0.2) is 48.1 Å². The monoisotopic (exact) mass is 476 g/mol. The van der Waals surface area contributed by atoms with E-state index >= 15 is 0 Å². The SMILES string of the molecule is CCC(F)(OC(F)(F)C(F)(OC(F)(F)C(F)(F)C(C)(F)F)C(F)(F)F)C(F)(F)F. The average molecular weight is 476 g/mol. The predicted molar refractivity (Wildman–Crippen MR) is 57.7 cm³/mol. The lowest BCUT2D eigenvalue weighted by molar-refractivity contribution is -0.548. The van der Waals surface area contributed by atoms with Crippen LogP contribution in [0, 0.1) is 0 Å². The van der Waals surface area contributed by atoms with Crippen LogP contribution in [0.15, 0.2) is 0 Å². The largest absolute Gasteiger partial charge is 0.458 e. The van der Waals surface area contributed by atoms with Gasteiger partial charge in [-0.05, 0) is 0 Å². The predicted octanol–water partition coefficient (Wildman–Crippen LogP) is 6.36. The molecule has 0 saturated heterocycles. The van der Waals surface area contributed by atoms with Gasteiger partial charge in [-0.3, -0.25) is 9.47 Å². The molecule has 0 aliphatic rings. The van der Waals surface area contributed by atoms with Crippen LogP contribution in [0.4, 0.5) is 70.2 Å². The molecule has 0 aliphatic carbocycles. The lowest BCUT2D eigenvalue weighted by Crippen LogP contribution is -2.67. The summed E-state index contributed by atoms with van der Waals surface area (Å²) in [6.45, 7) is -1.03. The second-order valence-electron chi connectivity index (χ2n) is 5.37. The average Bonchev–Trinajstić information content (AvgIpc) is 2.42. The van der Waals surface area contributed by atoms with E-state index in [4.69, 9.17) is 0 Å². The van der Waals surface area contributed by atoms with Crippen molar-refractivity contribution in [2.75, 3.05) is 0 Å². The molecule has 0 amide bonds. The summed E-state index contributed by atoms with van der Waals surface area (Å²) in [5.74, 6) is -26.6. The quantitative estimate of drug-likeness (QED) is 0.380. The number of ether oxygens (including phenoxy) is 2. The second kappa shape index (κ2) is 7.19. The van der Waals surface area contributed by atoms with E-state index in [9.17, 15) is 70.2 Å². The molecule has 2 atom stereocenters. The Morgan fingerprint density at radius 1 is 0.552 bits per heavy atom. The Labute approximate surface area is 149 Å². The van der Waals surface area contributed by atoms with Crippen molar-refractivity contribution in [3.63, 3.8) is 0 Å². The summed E-state index contributed by atoms with van der Waals surface area (Å²) in [6.07, 6.45) is -31.4. The summed E-state index contributed by atoms with van der Waals surface area (Å²) in [5, 5.41) is 0. The van der Waals surface area contributed by atoms with Crippen LogP contribution < -0.4 is 0 Å². The van der Waals surface area contributed by atoms with Gasteiger partial charge in [0.25, 0.3) is 0 Å². The Morgan fingerprint density at radius 2 is 0.931 bits per heavy atom. The highest BCUT2D eigenvalue weighted by Gasteiger charge is 2.83. The molecule has 0 saturated carbocycles. The van der Waals surface area contributed by atoms with Crippen molar-refractivity contribution in [2.45, 2.75) is 68.4 Å². The summed E-state index contributed by atoms with van der Waals surface area (Å²) in [5.41, 5.74) is 0. The summed E-state index contributed by atoms with van der Waals surface area (Å²) in [7, 11) is 0. The summed E-state index contributed by atoms with van der Waals surface area (Å²) >= 11 is 0. The first-order valence-corrected chi connectivity index (χ1v) is 6.65. The fourth-order valence-corrected chi connectivity index (χ4v) is 1.38. The van der Waals surface area contributed by atoms with Gasteiger partial charge in [0.05, 0.1) is 0 Å². The smallest absolute Gasteiger partial charge is 0.270 e. The maximum atomic E-state index is 13.7. The Kier molecular flexibility index (Phi) is 6.90. The molecule has 0 N–H and O–H groups in total. The van der Waals surface area contributed by atoms with Crippen molar-refractivity contribution in [2.24, 2.45) is 0 Å². The molecule has 0 heterocycles. The van der Waals surface area contributed by atoms with Gasteiger partial charge in [0.2, 0.25) is 0 Å². The van der Waals surface area contributed by atoms with Crippen molar-refractivity contribution in [3.8, 4) is 0 Å². The molecule has 0 rings (SSSR count). The zero-order chi connectivity index (χ0) is 24.1. The maximum absolute atomic E-state index is 13.7. The minimum Gasteiger partial charge on any atom is -0.270 e. The molecule has 176 valence electrons. The van der Waals surface area contributed by atoms with Crippen LogP contribution in [-0.2, 0) is 9.47 Å². The summed E-state index contributed by atoms with van der Waals surface area (Å²) < 4.78 is 209. The molecule has 0 aromatic rings. The molecule has 0 bridgehead atoms. The number of hydrogen-bond acceptors (Lipinski definition) is 2.